The standard InChI is InChI=1S/3Na.H3O4P.H2O.2H/c;;;1-5(2,3)4;;;/h;;;(H3,1,2,3,4);1H2;;/q;;+1;;;;/p-1. The van der Waals surface area contributed by atoms with Gasteiger partial charge in [-0.1, -0.05) is 0 Å². The van der Waals surface area contributed by atoms with Crippen LogP contribution in [0.1, 0.15) is 0 Å². The molecule has 0 aromatic rings. The summed E-state index contributed by atoms with van der Waals surface area (Å²) in [5.41, 5.74) is 0. The van der Waals surface area contributed by atoms with Gasteiger partial charge in [0.25, 0.3) is 0 Å². The van der Waals surface area contributed by atoms with Crippen LogP contribution < -0.4 is 29.6 Å². The number of hydrogen-bond acceptors (Lipinski definition) is 2. The minimum atomic E-state index is -4.64. The fraction of sp³-hybridized carbons (Fsp3) is 0. The van der Waals surface area contributed by atoms with Crippen LogP contribution in [0.15, 0.2) is 0 Å². The van der Waals surface area contributed by atoms with Gasteiger partial charge in [-0.3, -0.25) is 0 Å². The van der Waals surface area contributed by atoms with E-state index >= 15 is 0 Å². The third-order valence-corrected chi connectivity index (χ3v) is 0. The molecule has 4 N–H and O–H groups in total. The molecule has 0 atom stereocenters. The molecule has 0 aliphatic heterocycles. The summed E-state index contributed by atoms with van der Waals surface area (Å²) in [6.07, 6.45) is 0. The van der Waals surface area contributed by atoms with Crippen molar-refractivity contribution < 1.29 is 54.3 Å². The molecule has 0 aromatic heterocycles. The van der Waals surface area contributed by atoms with E-state index in [4.69, 9.17) is 19.2 Å². The van der Waals surface area contributed by atoms with Crippen LogP contribution in [0.3, 0.4) is 0 Å². The normalized spacial score (nSPS) is 6.56. The molecule has 9 heavy (non-hydrogen) atoms. The van der Waals surface area contributed by atoms with E-state index in [0.29, 0.717) is 0 Å². The Labute approximate surface area is 119 Å². The van der Waals surface area contributed by atoms with Crippen molar-refractivity contribution in [3.05, 3.63) is 0 Å². The van der Waals surface area contributed by atoms with Gasteiger partial charge in [0.2, 0.25) is 0 Å². The van der Waals surface area contributed by atoms with Crippen molar-refractivity contribution in [3.63, 3.8) is 0 Å². The smallest absolute Gasteiger partial charge is 0.870 e. The van der Waals surface area contributed by atoms with E-state index in [1.807, 2.05) is 0 Å². The van der Waals surface area contributed by atoms with E-state index in [2.05, 4.69) is 0 Å². The first kappa shape index (κ1) is 29.6. The molecule has 0 unspecified atom stereocenters. The van der Waals surface area contributed by atoms with Gasteiger partial charge in [0, 0.05) is 0 Å². The van der Waals surface area contributed by atoms with Crippen molar-refractivity contribution in [2.24, 2.45) is 0 Å². The Bertz CT molecular complexity index is 58.3. The molecule has 0 spiro atoms. The molecule has 0 bridgehead atoms. The SMILES string of the molecule is O=P(O)(O)O.[Na+].[NaH].[NaH].[OH-]. The van der Waals surface area contributed by atoms with E-state index in [1.54, 1.807) is 0 Å². The zero-order chi connectivity index (χ0) is 4.50. The van der Waals surface area contributed by atoms with Gasteiger partial charge >= 0.3 is 96.5 Å². The maximum atomic E-state index is 8.88. The van der Waals surface area contributed by atoms with Crippen LogP contribution in [0.4, 0.5) is 0 Å². The Morgan fingerprint density at radius 2 is 1.00 bits per heavy atom. The molecule has 5 nitrogen and oxygen atoms in total. The van der Waals surface area contributed by atoms with E-state index in [1.165, 1.54) is 0 Å². The van der Waals surface area contributed by atoms with Gasteiger partial charge in [-0.05, 0) is 0 Å². The minimum absolute atomic E-state index is 0. The van der Waals surface area contributed by atoms with Gasteiger partial charge in [-0.2, -0.15) is 0 Å². The fourth-order valence-corrected chi connectivity index (χ4v) is 0. The zero-order valence-corrected chi connectivity index (χ0v) is 6.54. The summed E-state index contributed by atoms with van der Waals surface area (Å²) in [4.78, 5) is 21.6. The molecular weight excluding hydrogens is 180 g/mol. The Kier molecular flexibility index (Phi) is 44.9. The predicted molar refractivity (Wildman–Crippen MR) is 30.5 cm³/mol. The Morgan fingerprint density at radius 1 is 1.00 bits per heavy atom. The summed E-state index contributed by atoms with van der Waals surface area (Å²) in [5.74, 6) is 0. The number of hydrogen-bond donors (Lipinski definition) is 3. The molecule has 0 fully saturated rings. The van der Waals surface area contributed by atoms with Crippen LogP contribution in [0.25, 0.3) is 0 Å². The topological polar surface area (TPSA) is 108 Å². The Morgan fingerprint density at radius 3 is 1.00 bits per heavy atom. The molecule has 0 heterocycles. The summed E-state index contributed by atoms with van der Waals surface area (Å²) in [6.45, 7) is 0. The Hall–Kier alpha value is 3.07. The second kappa shape index (κ2) is 13.6. The molecule has 0 saturated carbocycles. The van der Waals surface area contributed by atoms with E-state index < -0.39 is 7.82 Å². The summed E-state index contributed by atoms with van der Waals surface area (Å²) >= 11 is 0. The summed E-state index contributed by atoms with van der Waals surface area (Å²) < 4.78 is 8.88. The molecule has 44 valence electrons. The summed E-state index contributed by atoms with van der Waals surface area (Å²) in [7, 11) is -4.64. The molecular formula is H6Na3O5P. The van der Waals surface area contributed by atoms with Crippen molar-refractivity contribution in [1.29, 1.82) is 0 Å². The van der Waals surface area contributed by atoms with Gasteiger partial charge < -0.3 is 20.2 Å². The number of rotatable bonds is 0. The van der Waals surface area contributed by atoms with Crippen LogP contribution >= 0.6 is 7.82 Å². The van der Waals surface area contributed by atoms with Crippen LogP contribution in [0.5, 0.6) is 0 Å². The second-order valence-corrected chi connectivity index (χ2v) is 1.54. The summed E-state index contributed by atoms with van der Waals surface area (Å²) in [5, 5.41) is 0. The maximum absolute atomic E-state index is 8.88. The second-order valence-electron chi connectivity index (χ2n) is 0.513. The van der Waals surface area contributed by atoms with Crippen molar-refractivity contribution in [3.8, 4) is 0 Å². The zero-order valence-electron chi connectivity index (χ0n) is 3.64. The average molecular weight is 186 g/mol. The van der Waals surface area contributed by atoms with Gasteiger partial charge in [0.05, 0.1) is 0 Å². The van der Waals surface area contributed by atoms with E-state index in [0.717, 1.165) is 0 Å². The average Bonchev–Trinajstić information content (AvgIpc) is 0.722. The van der Waals surface area contributed by atoms with Crippen molar-refractivity contribution in [2.45, 2.75) is 0 Å². The molecule has 0 aromatic carbocycles. The molecule has 0 saturated heterocycles. The first-order chi connectivity index (χ1) is 2.00. The first-order valence-electron chi connectivity index (χ1n) is 0.783. The van der Waals surface area contributed by atoms with Gasteiger partial charge in [0.1, 0.15) is 0 Å². The molecule has 9 heteroatoms. The first-order valence-corrected chi connectivity index (χ1v) is 2.35. The minimum Gasteiger partial charge on any atom is -0.870 e. The quantitative estimate of drug-likeness (QED) is 0.258. The van der Waals surface area contributed by atoms with Gasteiger partial charge in [-0.15, -0.1) is 0 Å². The van der Waals surface area contributed by atoms with Gasteiger partial charge in [0.15, 0.2) is 0 Å². The summed E-state index contributed by atoms with van der Waals surface area (Å²) in [6, 6.07) is 0. The van der Waals surface area contributed by atoms with Crippen LogP contribution in [0.2, 0.25) is 0 Å². The fourth-order valence-electron chi connectivity index (χ4n) is 0. The van der Waals surface area contributed by atoms with Gasteiger partial charge in [-0.25, -0.2) is 4.57 Å². The molecule has 0 rings (SSSR count). The molecule has 0 aliphatic rings. The van der Waals surface area contributed by atoms with Crippen LogP contribution in [-0.4, -0.2) is 79.3 Å². The molecule has 0 radical (unpaired) electrons. The number of phosphoric acid groups is 1. The van der Waals surface area contributed by atoms with E-state index in [9.17, 15) is 0 Å². The van der Waals surface area contributed by atoms with E-state index in [-0.39, 0.29) is 94.1 Å². The van der Waals surface area contributed by atoms with Crippen molar-refractivity contribution >= 4 is 66.9 Å². The molecule has 0 aliphatic carbocycles. The Balaban J connectivity index is -0.0000000133. The predicted octanol–water partition coefficient (Wildman–Crippen LogP) is -5.40. The van der Waals surface area contributed by atoms with Crippen LogP contribution in [-0.2, 0) is 4.57 Å². The van der Waals surface area contributed by atoms with Crippen molar-refractivity contribution in [1.82, 2.24) is 0 Å². The molecule has 0 amide bonds. The van der Waals surface area contributed by atoms with Crippen LogP contribution in [0, 0.1) is 0 Å². The maximum Gasteiger partial charge on any atom is -0.870 e. The third kappa shape index (κ3) is 96.6. The third-order valence-electron chi connectivity index (χ3n) is 0. The van der Waals surface area contributed by atoms with Crippen molar-refractivity contribution in [2.75, 3.05) is 0 Å². The largest absolute Gasteiger partial charge is 0.870 e. The monoisotopic (exact) mass is 186 g/mol.